The Balaban J connectivity index is 0.000000186. The van der Waals surface area contributed by atoms with Crippen molar-refractivity contribution in [3.63, 3.8) is 0 Å². The molecule has 3 heterocycles. The number of fused-ring (bicyclic) bond motifs is 1. The predicted octanol–water partition coefficient (Wildman–Crippen LogP) is 1.31. The van der Waals surface area contributed by atoms with Gasteiger partial charge in [-0.15, -0.1) is 0 Å². The number of carbonyl (C=O) groups excluding carboxylic acids is 2. The van der Waals surface area contributed by atoms with Crippen LogP contribution in [0.1, 0.15) is 10.5 Å². The maximum Gasteiger partial charge on any atom is 0.263 e. The highest BCUT2D eigenvalue weighted by Crippen LogP contribution is 2.24. The van der Waals surface area contributed by atoms with E-state index in [0.717, 1.165) is 0 Å². The van der Waals surface area contributed by atoms with E-state index in [4.69, 9.17) is 4.74 Å². The molecular weight excluding hydrogens is 246 g/mol. The molecule has 6 nitrogen and oxygen atoms in total. The summed E-state index contributed by atoms with van der Waals surface area (Å²) >= 11 is 0. The van der Waals surface area contributed by atoms with Crippen LogP contribution in [0.5, 0.6) is 5.75 Å². The van der Waals surface area contributed by atoms with Crippen molar-refractivity contribution in [2.75, 3.05) is 11.9 Å². The molecule has 2 aromatic rings. The molecule has 1 aliphatic rings. The largest absolute Gasteiger partial charge is 0.480 e. The first-order valence-corrected chi connectivity index (χ1v) is 5.53. The molecule has 1 N–H and O–H groups in total. The van der Waals surface area contributed by atoms with Crippen molar-refractivity contribution < 1.29 is 14.3 Å². The van der Waals surface area contributed by atoms with Crippen LogP contribution in [-0.2, 0) is 4.79 Å². The van der Waals surface area contributed by atoms with Crippen LogP contribution in [0, 0.1) is 0 Å². The van der Waals surface area contributed by atoms with Gasteiger partial charge in [0.15, 0.2) is 24.5 Å². The Morgan fingerprint density at radius 2 is 2.00 bits per heavy atom. The van der Waals surface area contributed by atoms with Crippen LogP contribution < -0.4 is 10.1 Å². The fourth-order valence-electron chi connectivity index (χ4n) is 1.36. The number of carbonyl (C=O) groups is 2. The van der Waals surface area contributed by atoms with E-state index in [0.29, 0.717) is 17.9 Å². The van der Waals surface area contributed by atoms with Gasteiger partial charge in [0.05, 0.1) is 0 Å². The Morgan fingerprint density at radius 3 is 2.58 bits per heavy atom. The number of pyridine rings is 2. The minimum Gasteiger partial charge on any atom is -0.480 e. The normalized spacial score (nSPS) is 12.1. The van der Waals surface area contributed by atoms with Gasteiger partial charge in [0.2, 0.25) is 0 Å². The molecule has 2 aromatic heterocycles. The van der Waals surface area contributed by atoms with Crippen LogP contribution in [0.25, 0.3) is 0 Å². The average molecular weight is 257 g/mol. The molecule has 1 aliphatic heterocycles. The van der Waals surface area contributed by atoms with Gasteiger partial charge < -0.3 is 10.1 Å². The highest BCUT2D eigenvalue weighted by atomic mass is 16.5. The molecule has 0 atom stereocenters. The van der Waals surface area contributed by atoms with Crippen LogP contribution in [0.2, 0.25) is 0 Å². The van der Waals surface area contributed by atoms with E-state index in [1.807, 2.05) is 18.2 Å². The molecule has 96 valence electrons. The van der Waals surface area contributed by atoms with Crippen molar-refractivity contribution in [2.45, 2.75) is 0 Å². The summed E-state index contributed by atoms with van der Waals surface area (Å²) in [6.07, 6.45) is 4.11. The van der Waals surface area contributed by atoms with E-state index in [-0.39, 0.29) is 18.2 Å². The van der Waals surface area contributed by atoms with Crippen LogP contribution in [0.15, 0.2) is 42.7 Å². The van der Waals surface area contributed by atoms with Gasteiger partial charge in [-0.3, -0.25) is 14.6 Å². The number of nitrogens with zero attached hydrogens (tertiary/aromatic N) is 2. The number of aromatic nitrogens is 2. The molecule has 0 spiro atoms. The molecule has 0 saturated carbocycles. The molecule has 0 saturated heterocycles. The van der Waals surface area contributed by atoms with Crippen LogP contribution in [-0.4, -0.2) is 28.8 Å². The van der Waals surface area contributed by atoms with Gasteiger partial charge >= 0.3 is 0 Å². The summed E-state index contributed by atoms with van der Waals surface area (Å²) < 4.78 is 5.04. The summed E-state index contributed by atoms with van der Waals surface area (Å²) in [5.41, 5.74) is 0.268. The van der Waals surface area contributed by atoms with E-state index in [1.54, 1.807) is 18.5 Å². The molecule has 0 fully saturated rings. The summed E-state index contributed by atoms with van der Waals surface area (Å²) in [4.78, 5) is 28.9. The molecule has 0 bridgehead atoms. The Morgan fingerprint density at radius 1 is 1.21 bits per heavy atom. The number of hydrogen-bond acceptors (Lipinski definition) is 5. The molecular formula is C13H11N3O3. The number of nitrogens with one attached hydrogen (secondary N) is 1. The highest BCUT2D eigenvalue weighted by molar-refractivity contribution is 5.94. The van der Waals surface area contributed by atoms with Gasteiger partial charge in [-0.1, -0.05) is 6.07 Å². The Kier molecular flexibility index (Phi) is 4.17. The van der Waals surface area contributed by atoms with Gasteiger partial charge in [0, 0.05) is 12.4 Å². The lowest BCUT2D eigenvalue weighted by atomic mass is 10.3. The average Bonchev–Trinajstić information content (AvgIpc) is 2.49. The fraction of sp³-hybridized carbons (Fsp3) is 0.0769. The third-order valence-corrected chi connectivity index (χ3v) is 2.18. The highest BCUT2D eigenvalue weighted by Gasteiger charge is 2.16. The monoisotopic (exact) mass is 257 g/mol. The molecule has 6 heteroatoms. The first-order valence-electron chi connectivity index (χ1n) is 5.53. The van der Waals surface area contributed by atoms with Gasteiger partial charge in [-0.2, -0.15) is 0 Å². The zero-order chi connectivity index (χ0) is 13.5. The van der Waals surface area contributed by atoms with E-state index in [9.17, 15) is 9.59 Å². The van der Waals surface area contributed by atoms with E-state index in [1.165, 1.54) is 6.07 Å². The van der Waals surface area contributed by atoms with Crippen LogP contribution >= 0.6 is 0 Å². The Bertz CT molecular complexity index is 546. The zero-order valence-corrected chi connectivity index (χ0v) is 9.95. The number of ether oxygens (including phenoxy) is 1. The zero-order valence-electron chi connectivity index (χ0n) is 9.95. The van der Waals surface area contributed by atoms with Crippen molar-refractivity contribution in [1.82, 2.24) is 9.97 Å². The first kappa shape index (κ1) is 12.7. The topological polar surface area (TPSA) is 81.2 Å². The van der Waals surface area contributed by atoms with Gasteiger partial charge in [-0.05, 0) is 24.3 Å². The number of aldehydes is 1. The Labute approximate surface area is 109 Å². The quantitative estimate of drug-likeness (QED) is 0.779. The molecule has 0 aromatic carbocycles. The SMILES string of the molecule is O=Cc1ccc2c(n1)NC(=O)CO2.c1ccncc1. The van der Waals surface area contributed by atoms with Gasteiger partial charge in [0.25, 0.3) is 5.91 Å². The van der Waals surface area contributed by atoms with Gasteiger partial charge in [0.1, 0.15) is 5.69 Å². The molecule has 0 unspecified atom stereocenters. The summed E-state index contributed by atoms with van der Waals surface area (Å²) in [6, 6.07) is 8.85. The summed E-state index contributed by atoms with van der Waals surface area (Å²) in [5.74, 6) is 0.536. The predicted molar refractivity (Wildman–Crippen MR) is 68.0 cm³/mol. The van der Waals surface area contributed by atoms with Crippen molar-refractivity contribution in [2.24, 2.45) is 0 Å². The van der Waals surface area contributed by atoms with Crippen molar-refractivity contribution in [1.29, 1.82) is 0 Å². The standard InChI is InChI=1S/C8H6N2O3.C5H5N/c11-3-5-1-2-6-8(9-5)10-7(12)4-13-6;1-2-4-6-5-3-1/h1-3H,4H2,(H,9,10,12);1-5H. The first-order chi connectivity index (χ1) is 9.29. The van der Waals surface area contributed by atoms with Crippen molar-refractivity contribution >= 4 is 18.0 Å². The van der Waals surface area contributed by atoms with Crippen LogP contribution in [0.4, 0.5) is 5.82 Å². The second-order valence-electron chi connectivity index (χ2n) is 3.56. The summed E-state index contributed by atoms with van der Waals surface area (Å²) in [7, 11) is 0. The maximum atomic E-state index is 10.9. The van der Waals surface area contributed by atoms with Crippen LogP contribution in [0.3, 0.4) is 0 Å². The lowest BCUT2D eigenvalue weighted by Gasteiger charge is -2.16. The smallest absolute Gasteiger partial charge is 0.263 e. The molecule has 19 heavy (non-hydrogen) atoms. The third kappa shape index (κ3) is 3.60. The van der Waals surface area contributed by atoms with E-state index in [2.05, 4.69) is 15.3 Å². The van der Waals surface area contributed by atoms with E-state index < -0.39 is 0 Å². The lowest BCUT2D eigenvalue weighted by molar-refractivity contribution is -0.118. The minimum absolute atomic E-state index is 0.00485. The number of anilines is 1. The van der Waals surface area contributed by atoms with E-state index >= 15 is 0 Å². The summed E-state index contributed by atoms with van der Waals surface area (Å²) in [6.45, 7) is -0.00485. The van der Waals surface area contributed by atoms with Gasteiger partial charge in [-0.25, -0.2) is 4.98 Å². The fourth-order valence-corrected chi connectivity index (χ4v) is 1.36. The lowest BCUT2D eigenvalue weighted by Crippen LogP contribution is -2.26. The van der Waals surface area contributed by atoms with Crippen molar-refractivity contribution in [3.8, 4) is 5.75 Å². The second kappa shape index (κ2) is 6.25. The third-order valence-electron chi connectivity index (χ3n) is 2.18. The maximum absolute atomic E-state index is 10.9. The number of rotatable bonds is 1. The molecule has 3 rings (SSSR count). The van der Waals surface area contributed by atoms with Crippen molar-refractivity contribution in [3.05, 3.63) is 48.4 Å². The molecule has 0 radical (unpaired) electrons. The number of amides is 1. The molecule has 1 amide bonds. The minimum atomic E-state index is -0.261. The Hall–Kier alpha value is -2.76. The summed E-state index contributed by atoms with van der Waals surface area (Å²) in [5, 5.41) is 2.50. The second-order valence-corrected chi connectivity index (χ2v) is 3.56. The molecule has 0 aliphatic carbocycles. The number of hydrogen-bond donors (Lipinski definition) is 1.